The molecule has 13 heavy (non-hydrogen) atoms. The maximum atomic E-state index is 11.6. The van der Waals surface area contributed by atoms with Gasteiger partial charge in [0.05, 0.1) is 0 Å². The highest BCUT2D eigenvalue weighted by atomic mass is 19.4. The van der Waals surface area contributed by atoms with Gasteiger partial charge in [-0.2, -0.15) is 13.2 Å². The van der Waals surface area contributed by atoms with Crippen molar-refractivity contribution in [1.29, 1.82) is 0 Å². The van der Waals surface area contributed by atoms with Crippen LogP contribution in [0.4, 0.5) is 13.2 Å². The first kappa shape index (κ1) is 12.7. The molecular weight excluding hydrogens is 185 g/mol. The Balaban J connectivity index is 3.18. The van der Waals surface area contributed by atoms with Crippen LogP contribution in [-0.2, 0) is 9.47 Å². The normalized spacial score (nSPS) is 14.5. The molecule has 0 aromatic carbocycles. The number of hydrogen-bond acceptors (Lipinski definition) is 2. The van der Waals surface area contributed by atoms with Gasteiger partial charge in [-0.05, 0) is 19.8 Å². The van der Waals surface area contributed by atoms with Crippen LogP contribution in [0.2, 0.25) is 0 Å². The Hall–Kier alpha value is -0.290. The van der Waals surface area contributed by atoms with Crippen molar-refractivity contribution in [2.45, 2.75) is 38.7 Å². The number of unbranched alkanes of at least 4 members (excludes halogenated alkanes) is 1. The lowest BCUT2D eigenvalue weighted by molar-refractivity contribution is -0.139. The van der Waals surface area contributed by atoms with Crippen LogP contribution < -0.4 is 0 Å². The predicted molar refractivity (Wildman–Crippen MR) is 42.3 cm³/mol. The summed E-state index contributed by atoms with van der Waals surface area (Å²) in [7, 11) is 1.49. The first-order valence-electron chi connectivity index (χ1n) is 4.17. The third kappa shape index (κ3) is 9.63. The lowest BCUT2D eigenvalue weighted by atomic mass is 10.2. The summed E-state index contributed by atoms with van der Waals surface area (Å²) in [6, 6.07) is 0. The van der Waals surface area contributed by atoms with Crippen LogP contribution in [0.15, 0.2) is 0 Å². The third-order valence-electron chi connectivity index (χ3n) is 1.54. The second kappa shape index (κ2) is 6.21. The minimum atomic E-state index is -4.05. The van der Waals surface area contributed by atoms with Crippen LogP contribution >= 0.6 is 0 Å². The summed E-state index contributed by atoms with van der Waals surface area (Å²) < 4.78 is 44.7. The van der Waals surface area contributed by atoms with E-state index in [2.05, 4.69) is 0 Å². The van der Waals surface area contributed by atoms with Crippen LogP contribution in [0.5, 0.6) is 0 Å². The highest BCUT2D eigenvalue weighted by molar-refractivity contribution is 4.50. The molecule has 1 atom stereocenters. The highest BCUT2D eigenvalue weighted by Crippen LogP contribution is 2.22. The van der Waals surface area contributed by atoms with Crippen molar-refractivity contribution < 1.29 is 22.6 Å². The Labute approximate surface area is 76.0 Å². The van der Waals surface area contributed by atoms with Crippen molar-refractivity contribution >= 4 is 0 Å². The number of rotatable bonds is 6. The lowest BCUT2D eigenvalue weighted by Gasteiger charge is -2.10. The molecule has 0 bridgehead atoms. The minimum absolute atomic E-state index is 0.111. The fourth-order valence-corrected chi connectivity index (χ4v) is 0.745. The van der Waals surface area contributed by atoms with E-state index in [1.165, 1.54) is 7.11 Å². The summed E-state index contributed by atoms with van der Waals surface area (Å²) in [5, 5.41) is 0. The Bertz CT molecular complexity index is 125. The summed E-state index contributed by atoms with van der Waals surface area (Å²) >= 11 is 0. The Morgan fingerprint density at radius 2 is 1.85 bits per heavy atom. The van der Waals surface area contributed by atoms with Crippen LogP contribution in [0.25, 0.3) is 0 Å². The van der Waals surface area contributed by atoms with Crippen molar-refractivity contribution in [3.8, 4) is 0 Å². The van der Waals surface area contributed by atoms with Gasteiger partial charge in [0.15, 0.2) is 6.29 Å². The molecule has 0 saturated heterocycles. The van der Waals surface area contributed by atoms with Gasteiger partial charge in [0.25, 0.3) is 0 Å². The zero-order chi connectivity index (χ0) is 10.3. The van der Waals surface area contributed by atoms with Gasteiger partial charge in [0.2, 0.25) is 0 Å². The number of ether oxygens (including phenoxy) is 2. The van der Waals surface area contributed by atoms with Crippen LogP contribution in [0, 0.1) is 0 Å². The van der Waals surface area contributed by atoms with Crippen LogP contribution in [0.1, 0.15) is 26.2 Å². The van der Waals surface area contributed by atoms with E-state index in [9.17, 15) is 13.2 Å². The first-order chi connectivity index (χ1) is 5.95. The van der Waals surface area contributed by atoms with E-state index in [0.29, 0.717) is 13.0 Å². The average Bonchev–Trinajstić information content (AvgIpc) is 2.01. The van der Waals surface area contributed by atoms with Gasteiger partial charge >= 0.3 is 6.18 Å². The van der Waals surface area contributed by atoms with Crippen molar-refractivity contribution in [2.24, 2.45) is 0 Å². The molecule has 1 unspecified atom stereocenters. The van der Waals surface area contributed by atoms with Crippen LogP contribution in [-0.4, -0.2) is 26.2 Å². The minimum Gasteiger partial charge on any atom is -0.356 e. The number of methoxy groups -OCH3 is 1. The molecule has 2 nitrogen and oxygen atoms in total. The van der Waals surface area contributed by atoms with Crippen molar-refractivity contribution in [2.75, 3.05) is 13.7 Å². The first-order valence-corrected chi connectivity index (χ1v) is 4.17. The van der Waals surface area contributed by atoms with Gasteiger partial charge in [-0.15, -0.1) is 0 Å². The van der Waals surface area contributed by atoms with E-state index in [0.717, 1.165) is 0 Å². The predicted octanol–water partition coefficient (Wildman–Crippen LogP) is 2.73. The largest absolute Gasteiger partial charge is 0.389 e. The Kier molecular flexibility index (Phi) is 6.07. The number of alkyl halides is 3. The second-order valence-corrected chi connectivity index (χ2v) is 2.75. The zero-order valence-corrected chi connectivity index (χ0v) is 7.86. The quantitative estimate of drug-likeness (QED) is 0.484. The van der Waals surface area contributed by atoms with Crippen molar-refractivity contribution in [3.05, 3.63) is 0 Å². The maximum absolute atomic E-state index is 11.6. The topological polar surface area (TPSA) is 18.5 Å². The van der Waals surface area contributed by atoms with E-state index >= 15 is 0 Å². The molecule has 0 aromatic heterocycles. The fourth-order valence-electron chi connectivity index (χ4n) is 0.745. The average molecular weight is 200 g/mol. The van der Waals surface area contributed by atoms with E-state index in [4.69, 9.17) is 9.47 Å². The third-order valence-corrected chi connectivity index (χ3v) is 1.54. The molecule has 0 aromatic rings. The van der Waals surface area contributed by atoms with E-state index in [1.54, 1.807) is 6.92 Å². The SMILES string of the molecule is COC(C)OCCCCC(F)(F)F. The molecule has 5 heteroatoms. The Morgan fingerprint density at radius 3 is 2.31 bits per heavy atom. The standard InChI is InChI=1S/C8H15F3O2/c1-7(12-2)13-6-4-3-5-8(9,10)11/h7H,3-6H2,1-2H3. The molecule has 0 aliphatic heterocycles. The highest BCUT2D eigenvalue weighted by Gasteiger charge is 2.25. The fraction of sp³-hybridized carbons (Fsp3) is 1.00. The monoisotopic (exact) mass is 200 g/mol. The molecule has 80 valence electrons. The van der Waals surface area contributed by atoms with Crippen LogP contribution in [0.3, 0.4) is 0 Å². The number of halogens is 3. The van der Waals surface area contributed by atoms with E-state index in [1.807, 2.05) is 0 Å². The molecule has 0 amide bonds. The Morgan fingerprint density at radius 1 is 1.23 bits per heavy atom. The molecule has 0 aliphatic carbocycles. The molecule has 0 rings (SSSR count). The summed E-state index contributed by atoms with van der Waals surface area (Å²) in [5.41, 5.74) is 0. The van der Waals surface area contributed by atoms with Gasteiger partial charge in [0, 0.05) is 20.1 Å². The summed E-state index contributed by atoms with van der Waals surface area (Å²) in [6.45, 7) is 2.01. The van der Waals surface area contributed by atoms with Crippen molar-refractivity contribution in [3.63, 3.8) is 0 Å². The van der Waals surface area contributed by atoms with E-state index in [-0.39, 0.29) is 12.7 Å². The second-order valence-electron chi connectivity index (χ2n) is 2.75. The summed E-state index contributed by atoms with van der Waals surface area (Å²) in [6.07, 6.45) is -4.61. The molecule has 0 aliphatic rings. The number of hydrogen-bond donors (Lipinski definition) is 0. The molecular formula is C8H15F3O2. The van der Waals surface area contributed by atoms with Gasteiger partial charge < -0.3 is 9.47 Å². The zero-order valence-electron chi connectivity index (χ0n) is 7.86. The summed E-state index contributed by atoms with van der Waals surface area (Å²) in [5.74, 6) is 0. The molecule has 0 radical (unpaired) electrons. The van der Waals surface area contributed by atoms with Gasteiger partial charge in [-0.1, -0.05) is 0 Å². The summed E-state index contributed by atoms with van der Waals surface area (Å²) in [4.78, 5) is 0. The maximum Gasteiger partial charge on any atom is 0.389 e. The van der Waals surface area contributed by atoms with Gasteiger partial charge in [-0.25, -0.2) is 0 Å². The molecule has 0 saturated carbocycles. The van der Waals surface area contributed by atoms with Gasteiger partial charge in [-0.3, -0.25) is 0 Å². The smallest absolute Gasteiger partial charge is 0.356 e. The molecule has 0 fully saturated rings. The van der Waals surface area contributed by atoms with Crippen molar-refractivity contribution in [1.82, 2.24) is 0 Å². The molecule has 0 spiro atoms. The lowest BCUT2D eigenvalue weighted by Crippen LogP contribution is -2.12. The molecule has 0 heterocycles. The molecule has 0 N–H and O–H groups in total. The van der Waals surface area contributed by atoms with Gasteiger partial charge in [0.1, 0.15) is 0 Å². The van der Waals surface area contributed by atoms with E-state index < -0.39 is 12.6 Å².